The van der Waals surface area contributed by atoms with Gasteiger partial charge in [0.1, 0.15) is 0 Å². The topological polar surface area (TPSA) is 77.6 Å². The molecular formula is C113H71N5OSe3. The summed E-state index contributed by atoms with van der Waals surface area (Å²) in [5.41, 5.74) is 27.2. The van der Waals surface area contributed by atoms with E-state index in [4.69, 9.17) is 29.3 Å². The van der Waals surface area contributed by atoms with E-state index in [0.29, 0.717) is 17.5 Å². The molecule has 0 atom stereocenters. The Morgan fingerprint density at radius 1 is 0.213 bits per heavy atom. The minimum atomic E-state index is 0.241. The standard InChI is InChI=1S/C46H28OSe.C41H26N3Se.C26H17N2Se/c1-2-9-29(10-3-1)35-24-36(32-19-21-44-41(27-32)39-13-6-7-16-43(39)47-44)26-37(25-35)33-20-22-45-42(28-33)40-15-8-14-38(46(40)48-45)34-18-17-30-11-4-5-12-31(30)23-34;45-37-24-12-23-35(41-43-39(27-13-3-1-4-14-27)42-40(44-41)28-15-5-2-6-16-28)38(37)31-19-11-18-29(25-31)36-26-30-17-7-8-20-32(30)33-21-9-10-22-34(33)36;29-26-20(18-10-3-1-4-11-18)14-9-15-21(26)25-24(19-12-5-2-6-13-19)27-22-16-7-8-17-23(22)28-25/h1-28H;1-26H;1-17H. The number of aromatic nitrogens is 5. The zero-order valence-corrected chi connectivity index (χ0v) is 71.0. The van der Waals surface area contributed by atoms with Gasteiger partial charge in [-0.05, 0) is 6.07 Å². The average Bonchev–Trinajstić information content (AvgIpc) is 1.64. The summed E-state index contributed by atoms with van der Waals surface area (Å²) in [6.45, 7) is 0. The first-order chi connectivity index (χ1) is 60.3. The van der Waals surface area contributed by atoms with Crippen molar-refractivity contribution >= 4 is 140 Å². The summed E-state index contributed by atoms with van der Waals surface area (Å²) in [4.78, 5) is 25.0. The van der Waals surface area contributed by atoms with Crippen LogP contribution in [-0.2, 0) is 0 Å². The third-order valence-corrected chi connectivity index (χ3v) is 27.0. The molecule has 0 aliphatic heterocycles. The SMILES string of the molecule is [Se]c1c(-c2ccccc2)cccc1-c1nc2ccccc2nc1-c1ccccc1.[Se]c1cccc(-c2nc(-c3ccccc3)nc(-c3ccccc3)n2)c1-c1cccc(-c2cc3ccccc3c3ccccc23)c1.c1ccc(-c2cc(-c3ccc4oc5ccccc5c4c3)cc(-c3ccc4[se]c5c(-c6ccc7ccccc7c6)cccc5c4c3)c2)cc1. The van der Waals surface area contributed by atoms with Crippen molar-refractivity contribution in [3.05, 3.63) is 431 Å². The van der Waals surface area contributed by atoms with Crippen LogP contribution >= 0.6 is 0 Å². The van der Waals surface area contributed by atoms with Crippen LogP contribution in [0.1, 0.15) is 0 Å². The fraction of sp³-hybridized carbons (Fsp3) is 0. The molecule has 0 amide bonds. The van der Waals surface area contributed by atoms with E-state index in [1.807, 2.05) is 121 Å². The molecule has 19 aromatic carbocycles. The van der Waals surface area contributed by atoms with E-state index in [1.54, 1.807) is 0 Å². The van der Waals surface area contributed by atoms with Gasteiger partial charge in [-0.1, -0.05) is 12.1 Å². The number of para-hydroxylation sites is 3. The summed E-state index contributed by atoms with van der Waals surface area (Å²) in [5, 5.41) is 12.6. The fourth-order valence-electron chi connectivity index (χ4n) is 16.9. The third-order valence-electron chi connectivity index (χ3n) is 22.8. The van der Waals surface area contributed by atoms with Crippen LogP contribution in [0.25, 0.3) is 219 Å². The van der Waals surface area contributed by atoms with Gasteiger partial charge in [-0.25, -0.2) is 0 Å². The Morgan fingerprint density at radius 3 is 1.38 bits per heavy atom. The Bertz CT molecular complexity index is 7850. The summed E-state index contributed by atoms with van der Waals surface area (Å²) >= 11 is 6.85. The number of fused-ring (bicyclic) bond motifs is 11. The number of nitrogens with zero attached hydrogens (tertiary/aromatic N) is 5. The molecule has 0 spiro atoms. The summed E-state index contributed by atoms with van der Waals surface area (Å²) in [7, 11) is 0. The molecule has 0 saturated heterocycles. The molecule has 4 aromatic heterocycles. The van der Waals surface area contributed by atoms with Crippen LogP contribution in [0.5, 0.6) is 0 Å². The van der Waals surface area contributed by atoms with Crippen LogP contribution in [0.4, 0.5) is 0 Å². The zero-order chi connectivity index (χ0) is 81.4. The van der Waals surface area contributed by atoms with Gasteiger partial charge in [-0.3, -0.25) is 0 Å². The van der Waals surface area contributed by atoms with Gasteiger partial charge in [0.15, 0.2) is 0 Å². The molecule has 4 heterocycles. The molecule has 23 rings (SSSR count). The van der Waals surface area contributed by atoms with Crippen molar-refractivity contribution in [2.45, 2.75) is 0 Å². The molecule has 0 saturated carbocycles. The number of hydrogen-bond donors (Lipinski definition) is 0. The molecule has 0 bridgehead atoms. The van der Waals surface area contributed by atoms with Crippen molar-refractivity contribution in [2.24, 2.45) is 0 Å². The van der Waals surface area contributed by atoms with Crippen LogP contribution in [0.2, 0.25) is 0 Å². The van der Waals surface area contributed by atoms with Gasteiger partial charge in [0, 0.05) is 0 Å². The Morgan fingerprint density at radius 2 is 0.672 bits per heavy atom. The molecule has 0 unspecified atom stereocenters. The van der Waals surface area contributed by atoms with Crippen molar-refractivity contribution in [1.29, 1.82) is 0 Å². The third kappa shape index (κ3) is 14.8. The summed E-state index contributed by atoms with van der Waals surface area (Å²) in [5.74, 6) is 1.93. The van der Waals surface area contributed by atoms with Gasteiger partial charge in [0.25, 0.3) is 0 Å². The minimum absolute atomic E-state index is 0.241. The molecule has 9 heteroatoms. The predicted octanol–water partition coefficient (Wildman–Crippen LogP) is 27.5. The van der Waals surface area contributed by atoms with E-state index < -0.39 is 0 Å². The monoisotopic (exact) mass is 1750 g/mol. The van der Waals surface area contributed by atoms with Gasteiger partial charge < -0.3 is 0 Å². The Balaban J connectivity index is 0.000000116. The Kier molecular flexibility index (Phi) is 20.4. The molecule has 23 aromatic rings. The number of rotatable bonds is 12. The Hall–Kier alpha value is -14.3. The molecular weight excluding hydrogens is 1680 g/mol. The van der Waals surface area contributed by atoms with E-state index in [0.717, 1.165) is 103 Å². The maximum absolute atomic E-state index is 6.16. The normalized spacial score (nSPS) is 11.3. The summed E-state index contributed by atoms with van der Waals surface area (Å²) < 4.78 is 11.2. The van der Waals surface area contributed by atoms with Crippen LogP contribution in [-0.4, -0.2) is 71.4 Å². The second-order valence-corrected chi connectivity index (χ2v) is 34.3. The zero-order valence-electron chi connectivity index (χ0n) is 65.9. The summed E-state index contributed by atoms with van der Waals surface area (Å²) in [6, 6.07) is 152. The number of benzene rings is 19. The van der Waals surface area contributed by atoms with Crippen LogP contribution in [0, 0.1) is 0 Å². The maximum atomic E-state index is 6.16. The second-order valence-electron chi connectivity index (χ2n) is 30.3. The predicted molar refractivity (Wildman–Crippen MR) is 514 cm³/mol. The van der Waals surface area contributed by atoms with Crippen LogP contribution < -0.4 is 8.92 Å². The van der Waals surface area contributed by atoms with Gasteiger partial charge in [0.2, 0.25) is 0 Å². The van der Waals surface area contributed by atoms with E-state index in [1.165, 1.54) is 107 Å². The van der Waals surface area contributed by atoms with E-state index >= 15 is 0 Å². The molecule has 122 heavy (non-hydrogen) atoms. The van der Waals surface area contributed by atoms with Gasteiger partial charge in [0.05, 0.1) is 0 Å². The van der Waals surface area contributed by atoms with Crippen molar-refractivity contribution in [3.8, 4) is 135 Å². The Labute approximate surface area is 728 Å². The summed E-state index contributed by atoms with van der Waals surface area (Å²) in [6.07, 6.45) is 0. The molecule has 0 aliphatic rings. The van der Waals surface area contributed by atoms with Gasteiger partial charge in [-0.15, -0.1) is 0 Å². The van der Waals surface area contributed by atoms with Crippen molar-refractivity contribution in [2.75, 3.05) is 0 Å². The molecule has 6 nitrogen and oxygen atoms in total. The quantitative estimate of drug-likeness (QED) is 0.0896. The molecule has 0 N–H and O–H groups in total. The van der Waals surface area contributed by atoms with Crippen molar-refractivity contribution in [3.63, 3.8) is 0 Å². The first-order valence-electron chi connectivity index (χ1n) is 40.7. The molecule has 2 radical (unpaired) electrons. The van der Waals surface area contributed by atoms with Crippen LogP contribution in [0.15, 0.2) is 435 Å². The van der Waals surface area contributed by atoms with Crippen LogP contribution in [0.3, 0.4) is 0 Å². The molecule has 0 fully saturated rings. The first kappa shape index (κ1) is 75.2. The van der Waals surface area contributed by atoms with E-state index in [2.05, 4.69) is 341 Å². The fourth-order valence-corrected chi connectivity index (χ4v) is 20.8. The number of hydrogen-bond acceptors (Lipinski definition) is 6. The van der Waals surface area contributed by atoms with E-state index in [-0.39, 0.29) is 14.5 Å². The second kappa shape index (κ2) is 33.1. The molecule has 572 valence electrons. The number of furan rings is 1. The van der Waals surface area contributed by atoms with Crippen molar-refractivity contribution in [1.82, 2.24) is 24.9 Å². The average molecular weight is 1750 g/mol. The van der Waals surface area contributed by atoms with E-state index in [9.17, 15) is 0 Å². The molecule has 0 aliphatic carbocycles. The van der Waals surface area contributed by atoms with Crippen molar-refractivity contribution < 1.29 is 4.42 Å². The first-order valence-corrected chi connectivity index (χ1v) is 44.2. The van der Waals surface area contributed by atoms with Gasteiger partial charge in [-0.2, -0.15) is 0 Å². The van der Waals surface area contributed by atoms with Gasteiger partial charge >= 0.3 is 716 Å².